The van der Waals surface area contributed by atoms with Gasteiger partial charge in [-0.1, -0.05) is 30.3 Å². The Morgan fingerprint density at radius 3 is 2.67 bits per heavy atom. The maximum atomic E-state index is 13.8. The summed E-state index contributed by atoms with van der Waals surface area (Å²) >= 11 is 1.58. The van der Waals surface area contributed by atoms with Crippen LogP contribution < -0.4 is 10.1 Å². The van der Waals surface area contributed by atoms with Gasteiger partial charge in [-0.25, -0.2) is 4.98 Å². The first-order valence-corrected chi connectivity index (χ1v) is 14.6. The summed E-state index contributed by atoms with van der Waals surface area (Å²) < 4.78 is 5.54. The van der Waals surface area contributed by atoms with Gasteiger partial charge in [0, 0.05) is 44.9 Å². The van der Waals surface area contributed by atoms with E-state index in [1.54, 1.807) is 30.3 Å². The van der Waals surface area contributed by atoms with E-state index >= 15 is 0 Å². The minimum atomic E-state index is -0.803. The number of likely N-dealkylation sites (tertiary alicyclic amines) is 2. The molecule has 0 saturated carbocycles. The fourth-order valence-corrected chi connectivity index (χ4v) is 6.46. The van der Waals surface area contributed by atoms with Gasteiger partial charge in [-0.05, 0) is 67.0 Å². The average molecular weight is 560 g/mol. The van der Waals surface area contributed by atoms with Gasteiger partial charge in [0.25, 0.3) is 0 Å². The summed E-state index contributed by atoms with van der Waals surface area (Å²) in [7, 11) is 1.66. The molecule has 8 nitrogen and oxygen atoms in total. The molecule has 210 valence electrons. The maximum Gasteiger partial charge on any atom is 0.238 e. The third kappa shape index (κ3) is 5.61. The monoisotopic (exact) mass is 559 g/mol. The predicted molar refractivity (Wildman–Crippen MR) is 159 cm³/mol. The first kappa shape index (κ1) is 27.8. The number of carbonyl (C=O) groups is 2. The van der Waals surface area contributed by atoms with E-state index < -0.39 is 5.41 Å². The number of hydrogen-bond acceptors (Lipinski definition) is 7. The minimum absolute atomic E-state index is 0.0182. The molecule has 2 aliphatic rings. The van der Waals surface area contributed by atoms with Crippen LogP contribution in [-0.2, 0) is 21.5 Å². The van der Waals surface area contributed by atoms with Crippen LogP contribution in [0.25, 0.3) is 11.1 Å². The number of anilines is 1. The van der Waals surface area contributed by atoms with Crippen molar-refractivity contribution in [2.45, 2.75) is 52.0 Å². The number of carbonyl (C=O) groups excluding carboxylic acids is 2. The molecule has 3 heterocycles. The van der Waals surface area contributed by atoms with Crippen LogP contribution in [-0.4, -0.2) is 59.2 Å². The van der Waals surface area contributed by atoms with Gasteiger partial charge < -0.3 is 15.0 Å². The van der Waals surface area contributed by atoms with Crippen LogP contribution in [0.5, 0.6) is 5.75 Å². The second-order valence-electron chi connectivity index (χ2n) is 11.1. The molecule has 2 aromatic carbocycles. The van der Waals surface area contributed by atoms with Crippen molar-refractivity contribution in [1.29, 1.82) is 5.41 Å². The molecule has 1 atom stereocenters. The largest absolute Gasteiger partial charge is 0.497 e. The number of nitrogens with one attached hydrogen (secondary N) is 2. The highest BCUT2D eigenvalue weighted by Gasteiger charge is 2.48. The molecule has 2 aliphatic heterocycles. The van der Waals surface area contributed by atoms with Crippen molar-refractivity contribution in [2.75, 3.05) is 32.1 Å². The molecular formula is C31H37N5O3S. The highest BCUT2D eigenvalue weighted by Crippen LogP contribution is 2.40. The van der Waals surface area contributed by atoms with E-state index in [1.165, 1.54) is 0 Å². The molecule has 1 unspecified atom stereocenters. The topological polar surface area (TPSA) is 98.6 Å². The van der Waals surface area contributed by atoms with E-state index in [-0.39, 0.29) is 11.8 Å². The lowest BCUT2D eigenvalue weighted by molar-refractivity contribution is -0.133. The van der Waals surface area contributed by atoms with Crippen LogP contribution in [0.3, 0.4) is 0 Å². The third-order valence-electron chi connectivity index (χ3n) is 8.24. The molecule has 2 fully saturated rings. The second kappa shape index (κ2) is 11.4. The number of nitrogens with zero attached hydrogens (tertiary/aromatic N) is 3. The van der Waals surface area contributed by atoms with Crippen LogP contribution in [0, 0.1) is 18.3 Å². The molecule has 40 heavy (non-hydrogen) atoms. The Kier molecular flexibility index (Phi) is 7.94. The number of rotatable bonds is 8. The number of benzene rings is 2. The van der Waals surface area contributed by atoms with Gasteiger partial charge in [0.1, 0.15) is 11.6 Å². The maximum absolute atomic E-state index is 13.8. The zero-order valence-corrected chi connectivity index (χ0v) is 24.4. The summed E-state index contributed by atoms with van der Waals surface area (Å²) in [5.41, 5.74) is 4.22. The van der Waals surface area contributed by atoms with Crippen molar-refractivity contribution in [3.05, 3.63) is 64.7 Å². The van der Waals surface area contributed by atoms with E-state index in [0.717, 1.165) is 51.7 Å². The van der Waals surface area contributed by atoms with E-state index in [2.05, 4.69) is 28.5 Å². The Hall–Kier alpha value is -3.72. The normalized spacial score (nSPS) is 19.8. The lowest BCUT2D eigenvalue weighted by Gasteiger charge is -2.33. The SMILES string of the molecule is COc1ccc(CNc2nc(C)cs2)c(-c2cccc(C3(C)CC(=N)N(CC4CCN(C(C)=O)CC4)C3=O)c2)c1. The molecule has 0 radical (unpaired) electrons. The van der Waals surface area contributed by atoms with Gasteiger partial charge >= 0.3 is 0 Å². The Bertz CT molecular complexity index is 1430. The van der Waals surface area contributed by atoms with E-state index in [4.69, 9.17) is 10.1 Å². The molecule has 3 aromatic rings. The van der Waals surface area contributed by atoms with Crippen molar-refractivity contribution in [3.63, 3.8) is 0 Å². The van der Waals surface area contributed by atoms with Gasteiger partial charge in [0.05, 0.1) is 18.2 Å². The van der Waals surface area contributed by atoms with E-state index in [0.29, 0.717) is 44.4 Å². The van der Waals surface area contributed by atoms with E-state index in [9.17, 15) is 9.59 Å². The number of piperidine rings is 1. The average Bonchev–Trinajstić information content (AvgIpc) is 3.47. The summed E-state index contributed by atoms with van der Waals surface area (Å²) in [5, 5.41) is 15.1. The highest BCUT2D eigenvalue weighted by atomic mass is 32.1. The van der Waals surface area contributed by atoms with Crippen molar-refractivity contribution in [3.8, 4) is 16.9 Å². The van der Waals surface area contributed by atoms with Crippen LogP contribution in [0.4, 0.5) is 5.13 Å². The van der Waals surface area contributed by atoms with Crippen LogP contribution in [0.2, 0.25) is 0 Å². The molecule has 9 heteroatoms. The summed E-state index contributed by atoms with van der Waals surface area (Å²) in [5.74, 6) is 1.51. The molecule has 2 N–H and O–H groups in total. The van der Waals surface area contributed by atoms with Gasteiger partial charge in [-0.3, -0.25) is 19.9 Å². The Labute approximate surface area is 239 Å². The number of ether oxygens (including phenoxy) is 1. The lowest BCUT2D eigenvalue weighted by atomic mass is 9.79. The van der Waals surface area contributed by atoms with E-state index in [1.807, 2.05) is 48.4 Å². The fourth-order valence-electron chi connectivity index (χ4n) is 5.78. The Morgan fingerprint density at radius 2 is 2.00 bits per heavy atom. The fraction of sp³-hybridized carbons (Fsp3) is 0.419. The van der Waals surface area contributed by atoms with Crippen LogP contribution in [0.15, 0.2) is 47.8 Å². The summed E-state index contributed by atoms with van der Waals surface area (Å²) in [6.45, 7) is 8.12. The predicted octanol–water partition coefficient (Wildman–Crippen LogP) is 5.46. The molecule has 0 bridgehead atoms. The minimum Gasteiger partial charge on any atom is -0.497 e. The standard InChI is InChI=1S/C31H37N5O3S/c1-20-19-40-30(34-20)33-17-24-8-9-26(39-4)15-27(24)23-6-5-7-25(14-23)31(3)16-28(32)36(29(31)38)18-22-10-12-35(13-11-22)21(2)37/h5-9,14-15,19,22,32H,10-13,16-18H2,1-4H3,(H,33,34). The Morgan fingerprint density at radius 1 is 1.23 bits per heavy atom. The second-order valence-corrected chi connectivity index (χ2v) is 11.9. The number of aryl methyl sites for hydroxylation is 1. The summed E-state index contributed by atoms with van der Waals surface area (Å²) in [6, 6.07) is 14.2. The van der Waals surface area contributed by atoms with Gasteiger partial charge in [0.15, 0.2) is 5.13 Å². The number of methoxy groups -OCH3 is 1. The number of aromatic nitrogens is 1. The number of amides is 2. The quantitative estimate of drug-likeness (QED) is 0.382. The Balaban J connectivity index is 1.37. The molecule has 5 rings (SSSR count). The van der Waals surface area contributed by atoms with Gasteiger partial charge in [0.2, 0.25) is 11.8 Å². The molecular weight excluding hydrogens is 522 g/mol. The zero-order chi connectivity index (χ0) is 28.4. The van der Waals surface area contributed by atoms with Gasteiger partial charge in [-0.15, -0.1) is 11.3 Å². The molecule has 0 spiro atoms. The van der Waals surface area contributed by atoms with Crippen LogP contribution in [0.1, 0.15) is 49.9 Å². The highest BCUT2D eigenvalue weighted by molar-refractivity contribution is 7.13. The molecule has 2 saturated heterocycles. The number of hydrogen-bond donors (Lipinski definition) is 2. The summed E-state index contributed by atoms with van der Waals surface area (Å²) in [6.07, 6.45) is 2.09. The van der Waals surface area contributed by atoms with Crippen molar-refractivity contribution < 1.29 is 14.3 Å². The number of thiazole rings is 1. The lowest BCUT2D eigenvalue weighted by Crippen LogP contribution is -2.43. The smallest absolute Gasteiger partial charge is 0.238 e. The zero-order valence-electron chi connectivity index (χ0n) is 23.6. The van der Waals surface area contributed by atoms with Crippen LogP contribution >= 0.6 is 11.3 Å². The summed E-state index contributed by atoms with van der Waals surface area (Å²) in [4.78, 5) is 33.6. The van der Waals surface area contributed by atoms with Crippen molar-refractivity contribution in [2.24, 2.45) is 5.92 Å². The first-order valence-electron chi connectivity index (χ1n) is 13.8. The van der Waals surface area contributed by atoms with Crippen molar-refractivity contribution in [1.82, 2.24) is 14.8 Å². The third-order valence-corrected chi connectivity index (χ3v) is 9.16. The molecule has 0 aliphatic carbocycles. The first-order chi connectivity index (χ1) is 19.2. The van der Waals surface area contributed by atoms with Gasteiger partial charge in [-0.2, -0.15) is 0 Å². The molecule has 1 aromatic heterocycles. The number of amidine groups is 1. The molecule has 2 amide bonds. The van der Waals surface area contributed by atoms with Crippen molar-refractivity contribution >= 4 is 34.1 Å².